The molecule has 3 aromatic rings. The van der Waals surface area contributed by atoms with Crippen molar-refractivity contribution in [3.63, 3.8) is 0 Å². The van der Waals surface area contributed by atoms with Gasteiger partial charge in [-0.1, -0.05) is 23.2 Å². The number of fused-ring (bicyclic) bond motifs is 2. The molecule has 1 aliphatic carbocycles. The molecule has 9 heteroatoms. The van der Waals surface area contributed by atoms with Crippen LogP contribution in [-0.2, 0) is 0 Å². The molecule has 2 fully saturated rings. The molecule has 32 heavy (non-hydrogen) atoms. The first kappa shape index (κ1) is 21.5. The SMILES string of the molecule is COc1cc2c(Nc3ccc(Cl)c(Cl)c3F)ncnc2cc1OCC1C[C@H]2CNC[C@H]2C1. The van der Waals surface area contributed by atoms with Crippen LogP contribution in [0.3, 0.4) is 0 Å². The molecule has 1 aliphatic heterocycles. The van der Waals surface area contributed by atoms with Gasteiger partial charge in [-0.05, 0) is 61.9 Å². The highest BCUT2D eigenvalue weighted by Crippen LogP contribution is 2.40. The molecule has 2 aromatic carbocycles. The highest BCUT2D eigenvalue weighted by Gasteiger charge is 2.37. The third-order valence-electron chi connectivity index (χ3n) is 6.44. The van der Waals surface area contributed by atoms with Gasteiger partial charge in [0.1, 0.15) is 12.1 Å². The van der Waals surface area contributed by atoms with Crippen molar-refractivity contribution in [2.45, 2.75) is 12.8 Å². The first-order valence-electron chi connectivity index (χ1n) is 10.6. The van der Waals surface area contributed by atoms with Crippen molar-refractivity contribution < 1.29 is 13.9 Å². The van der Waals surface area contributed by atoms with Gasteiger partial charge in [0, 0.05) is 11.5 Å². The summed E-state index contributed by atoms with van der Waals surface area (Å²) in [5.41, 5.74) is 0.825. The highest BCUT2D eigenvalue weighted by atomic mass is 35.5. The summed E-state index contributed by atoms with van der Waals surface area (Å²) < 4.78 is 26.3. The Morgan fingerprint density at radius 1 is 1.12 bits per heavy atom. The lowest BCUT2D eigenvalue weighted by Crippen LogP contribution is -2.15. The maximum Gasteiger partial charge on any atom is 0.166 e. The molecule has 6 nitrogen and oxygen atoms in total. The Bertz CT molecular complexity index is 1150. The number of rotatable bonds is 6. The first-order valence-corrected chi connectivity index (χ1v) is 11.4. The van der Waals surface area contributed by atoms with Crippen LogP contribution < -0.4 is 20.1 Å². The number of nitrogens with zero attached hydrogens (tertiary/aromatic N) is 2. The Labute approximate surface area is 195 Å². The van der Waals surface area contributed by atoms with Crippen LogP contribution in [-0.4, -0.2) is 36.8 Å². The second kappa shape index (κ2) is 8.89. The Hall–Kier alpha value is -2.35. The molecule has 5 rings (SSSR count). The summed E-state index contributed by atoms with van der Waals surface area (Å²) >= 11 is 11.8. The summed E-state index contributed by atoms with van der Waals surface area (Å²) in [5, 5.41) is 7.13. The molecule has 1 saturated heterocycles. The average molecular weight is 477 g/mol. The van der Waals surface area contributed by atoms with Crippen molar-refractivity contribution in [3.8, 4) is 11.5 Å². The standard InChI is InChI=1S/C23H23Cl2FN4O2/c1-31-19-6-15-18(7-20(19)32-10-12-4-13-8-27-9-14(13)5-12)28-11-29-23(15)30-17-3-2-16(24)21(25)22(17)26/h2-3,6-7,11-14,27H,4-5,8-10H2,1H3,(H,28,29,30)/t12?,13-,14+. The molecule has 0 spiro atoms. The van der Waals surface area contributed by atoms with Crippen molar-refractivity contribution in [2.75, 3.05) is 32.1 Å². The molecular weight excluding hydrogens is 454 g/mol. The molecule has 0 bridgehead atoms. The summed E-state index contributed by atoms with van der Waals surface area (Å²) in [4.78, 5) is 8.64. The molecule has 0 amide bonds. The van der Waals surface area contributed by atoms with E-state index in [9.17, 15) is 4.39 Å². The number of aromatic nitrogens is 2. The van der Waals surface area contributed by atoms with E-state index in [1.165, 1.54) is 31.3 Å². The lowest BCUT2D eigenvalue weighted by molar-refractivity contribution is 0.234. The minimum atomic E-state index is -0.644. The monoisotopic (exact) mass is 476 g/mol. The summed E-state index contributed by atoms with van der Waals surface area (Å²) in [6.45, 7) is 2.89. The second-order valence-corrected chi connectivity index (χ2v) is 9.20. The van der Waals surface area contributed by atoms with Gasteiger partial charge in [-0.2, -0.15) is 0 Å². The van der Waals surface area contributed by atoms with Gasteiger partial charge in [0.2, 0.25) is 0 Å². The van der Waals surface area contributed by atoms with Crippen molar-refractivity contribution in [2.24, 2.45) is 17.8 Å². The van der Waals surface area contributed by atoms with Crippen LogP contribution in [0, 0.1) is 23.6 Å². The van der Waals surface area contributed by atoms with E-state index in [0.717, 1.165) is 24.9 Å². The van der Waals surface area contributed by atoms with Crippen molar-refractivity contribution >= 4 is 45.6 Å². The van der Waals surface area contributed by atoms with Gasteiger partial charge < -0.3 is 20.1 Å². The minimum Gasteiger partial charge on any atom is -0.493 e. The number of methoxy groups -OCH3 is 1. The van der Waals surface area contributed by atoms with Crippen LogP contribution in [0.25, 0.3) is 10.9 Å². The highest BCUT2D eigenvalue weighted by molar-refractivity contribution is 6.42. The van der Waals surface area contributed by atoms with Crippen molar-refractivity contribution in [1.29, 1.82) is 0 Å². The van der Waals surface area contributed by atoms with Gasteiger partial charge in [-0.3, -0.25) is 0 Å². The zero-order chi connectivity index (χ0) is 22.2. The number of nitrogens with one attached hydrogen (secondary N) is 2. The number of hydrogen-bond acceptors (Lipinski definition) is 6. The Morgan fingerprint density at radius 3 is 2.66 bits per heavy atom. The van der Waals surface area contributed by atoms with E-state index in [1.807, 2.05) is 6.07 Å². The molecule has 1 unspecified atom stereocenters. The predicted octanol–water partition coefficient (Wildman–Crippen LogP) is 5.45. The fourth-order valence-electron chi connectivity index (χ4n) is 4.82. The van der Waals surface area contributed by atoms with Crippen LogP contribution >= 0.6 is 23.2 Å². The van der Waals surface area contributed by atoms with E-state index in [-0.39, 0.29) is 15.7 Å². The fourth-order valence-corrected chi connectivity index (χ4v) is 5.13. The topological polar surface area (TPSA) is 68.3 Å². The molecule has 2 aliphatic rings. The molecule has 3 atom stereocenters. The smallest absolute Gasteiger partial charge is 0.166 e. The fraction of sp³-hybridized carbons (Fsp3) is 0.391. The second-order valence-electron chi connectivity index (χ2n) is 8.42. The molecule has 168 valence electrons. The number of anilines is 2. The van der Waals surface area contributed by atoms with Crippen molar-refractivity contribution in [3.05, 3.63) is 46.5 Å². The first-order chi connectivity index (χ1) is 15.5. The van der Waals surface area contributed by atoms with Crippen molar-refractivity contribution in [1.82, 2.24) is 15.3 Å². The summed E-state index contributed by atoms with van der Waals surface area (Å²) in [6.07, 6.45) is 3.81. The zero-order valence-corrected chi connectivity index (χ0v) is 19.0. The summed E-state index contributed by atoms with van der Waals surface area (Å²) in [5.74, 6) is 3.08. The Kier molecular flexibility index (Phi) is 5.97. The van der Waals surface area contributed by atoms with Crippen LogP contribution in [0.4, 0.5) is 15.9 Å². The van der Waals surface area contributed by atoms with E-state index in [4.69, 9.17) is 32.7 Å². The number of benzene rings is 2. The van der Waals surface area contributed by atoms with Gasteiger partial charge in [-0.15, -0.1) is 0 Å². The Balaban J connectivity index is 1.39. The van der Waals surface area contributed by atoms with Crippen LogP contribution in [0.5, 0.6) is 11.5 Å². The zero-order valence-electron chi connectivity index (χ0n) is 17.5. The van der Waals surface area contributed by atoms with Gasteiger partial charge in [0.05, 0.1) is 35.0 Å². The van der Waals surface area contributed by atoms with Crippen LogP contribution in [0.2, 0.25) is 10.0 Å². The molecule has 0 radical (unpaired) electrons. The predicted molar refractivity (Wildman–Crippen MR) is 124 cm³/mol. The molecule has 2 heterocycles. The van der Waals surface area contributed by atoms with Gasteiger partial charge in [0.25, 0.3) is 0 Å². The number of ether oxygens (including phenoxy) is 2. The summed E-state index contributed by atoms with van der Waals surface area (Å²) in [6, 6.07) is 6.68. The average Bonchev–Trinajstić information content (AvgIpc) is 3.39. The Morgan fingerprint density at radius 2 is 1.91 bits per heavy atom. The van der Waals surface area contributed by atoms with Crippen LogP contribution in [0.1, 0.15) is 12.8 Å². The van der Waals surface area contributed by atoms with Gasteiger partial charge >= 0.3 is 0 Å². The van der Waals surface area contributed by atoms with E-state index < -0.39 is 5.82 Å². The van der Waals surface area contributed by atoms with E-state index >= 15 is 0 Å². The lowest BCUT2D eigenvalue weighted by atomic mass is 10.0. The van der Waals surface area contributed by atoms with E-state index in [2.05, 4.69) is 20.6 Å². The minimum absolute atomic E-state index is 0.143. The third kappa shape index (κ3) is 4.05. The molecule has 2 N–H and O–H groups in total. The molecule has 1 aromatic heterocycles. The van der Waals surface area contributed by atoms with E-state index in [0.29, 0.717) is 40.7 Å². The maximum atomic E-state index is 14.5. The van der Waals surface area contributed by atoms with Gasteiger partial charge in [0.15, 0.2) is 17.3 Å². The lowest BCUT2D eigenvalue weighted by Gasteiger charge is -2.17. The van der Waals surface area contributed by atoms with Gasteiger partial charge in [-0.25, -0.2) is 14.4 Å². The maximum absolute atomic E-state index is 14.5. The summed E-state index contributed by atoms with van der Waals surface area (Å²) in [7, 11) is 1.59. The number of hydrogen-bond donors (Lipinski definition) is 2. The largest absolute Gasteiger partial charge is 0.493 e. The van der Waals surface area contributed by atoms with E-state index in [1.54, 1.807) is 13.2 Å². The third-order valence-corrected chi connectivity index (χ3v) is 7.22. The normalized spacial score (nSPS) is 22.2. The number of halogens is 3. The quantitative estimate of drug-likeness (QED) is 0.460. The van der Waals surface area contributed by atoms with Crippen LogP contribution in [0.15, 0.2) is 30.6 Å². The molecule has 1 saturated carbocycles. The molecular formula is C23H23Cl2FN4O2.